The Morgan fingerprint density at radius 1 is 1.50 bits per heavy atom. The van der Waals surface area contributed by atoms with Crippen LogP contribution in [0.25, 0.3) is 0 Å². The summed E-state index contributed by atoms with van der Waals surface area (Å²) in [5.41, 5.74) is -0.480. The van der Waals surface area contributed by atoms with Crippen LogP contribution < -0.4 is 0 Å². The number of likely N-dealkylation sites (tertiary alicyclic amines) is 1. The van der Waals surface area contributed by atoms with E-state index >= 15 is 0 Å². The average Bonchev–Trinajstić information content (AvgIpc) is 2.28. The molecule has 94 valence electrons. The zero-order valence-corrected chi connectivity index (χ0v) is 10.8. The highest BCUT2D eigenvalue weighted by molar-refractivity contribution is 5.75. The second-order valence-corrected chi connectivity index (χ2v) is 5.29. The molecule has 2 atom stereocenters. The number of piperidine rings is 1. The average molecular weight is 227 g/mol. The standard InChI is InChI=1S/C13H25NO2/c1-4-11(3)9-14-8-6-7-13(5-2,10-14)12(15)16/h11H,4-10H2,1-3H3,(H,15,16). The molecule has 0 saturated carbocycles. The third-order valence-corrected chi connectivity index (χ3v) is 4.05. The van der Waals surface area contributed by atoms with Crippen LogP contribution in [0.5, 0.6) is 0 Å². The minimum Gasteiger partial charge on any atom is -0.481 e. The number of carboxylic acids is 1. The summed E-state index contributed by atoms with van der Waals surface area (Å²) in [7, 11) is 0. The molecular weight excluding hydrogens is 202 g/mol. The van der Waals surface area contributed by atoms with Gasteiger partial charge >= 0.3 is 5.97 Å². The molecule has 0 aromatic carbocycles. The first-order chi connectivity index (χ1) is 7.54. The van der Waals surface area contributed by atoms with Gasteiger partial charge in [-0.3, -0.25) is 4.79 Å². The Balaban J connectivity index is 2.61. The van der Waals surface area contributed by atoms with Gasteiger partial charge < -0.3 is 10.0 Å². The summed E-state index contributed by atoms with van der Waals surface area (Å²) in [5, 5.41) is 9.37. The van der Waals surface area contributed by atoms with Crippen molar-refractivity contribution in [2.45, 2.75) is 46.5 Å². The minimum absolute atomic E-state index is 0.480. The summed E-state index contributed by atoms with van der Waals surface area (Å²) < 4.78 is 0. The normalized spacial score (nSPS) is 28.9. The van der Waals surface area contributed by atoms with Gasteiger partial charge in [0.25, 0.3) is 0 Å². The Kier molecular flexibility index (Phi) is 4.78. The van der Waals surface area contributed by atoms with E-state index in [4.69, 9.17) is 0 Å². The molecule has 1 fully saturated rings. The van der Waals surface area contributed by atoms with Crippen LogP contribution in [0.1, 0.15) is 46.5 Å². The van der Waals surface area contributed by atoms with Crippen LogP contribution in [-0.4, -0.2) is 35.6 Å². The van der Waals surface area contributed by atoms with Crippen LogP contribution in [0.3, 0.4) is 0 Å². The molecule has 3 nitrogen and oxygen atoms in total. The molecule has 1 saturated heterocycles. The zero-order valence-electron chi connectivity index (χ0n) is 10.8. The number of rotatable bonds is 5. The summed E-state index contributed by atoms with van der Waals surface area (Å²) in [5.74, 6) is 0.0605. The summed E-state index contributed by atoms with van der Waals surface area (Å²) >= 11 is 0. The van der Waals surface area contributed by atoms with E-state index in [2.05, 4.69) is 18.7 Å². The van der Waals surface area contributed by atoms with E-state index in [1.165, 1.54) is 6.42 Å². The molecule has 1 rings (SSSR count). The summed E-state index contributed by atoms with van der Waals surface area (Å²) in [6.45, 7) is 9.29. The van der Waals surface area contributed by atoms with Crippen molar-refractivity contribution in [2.24, 2.45) is 11.3 Å². The van der Waals surface area contributed by atoms with Crippen LogP contribution in [0.4, 0.5) is 0 Å². The predicted molar refractivity (Wildman–Crippen MR) is 65.5 cm³/mol. The Morgan fingerprint density at radius 2 is 2.19 bits per heavy atom. The number of aliphatic carboxylic acids is 1. The van der Waals surface area contributed by atoms with Crippen LogP contribution in [-0.2, 0) is 4.79 Å². The minimum atomic E-state index is -0.608. The molecule has 0 aliphatic carbocycles. The lowest BCUT2D eigenvalue weighted by molar-refractivity contribution is -0.153. The van der Waals surface area contributed by atoms with Crippen LogP contribution in [0.2, 0.25) is 0 Å². The second-order valence-electron chi connectivity index (χ2n) is 5.29. The summed E-state index contributed by atoms with van der Waals surface area (Å²) in [6.07, 6.45) is 3.79. The molecule has 0 radical (unpaired) electrons. The lowest BCUT2D eigenvalue weighted by Crippen LogP contribution is -2.48. The lowest BCUT2D eigenvalue weighted by atomic mass is 9.77. The maximum atomic E-state index is 11.4. The van der Waals surface area contributed by atoms with Gasteiger partial charge in [-0.15, -0.1) is 0 Å². The van der Waals surface area contributed by atoms with Crippen LogP contribution in [0.15, 0.2) is 0 Å². The first-order valence-electron chi connectivity index (χ1n) is 6.50. The predicted octanol–water partition coefficient (Wildman–Crippen LogP) is 2.61. The zero-order chi connectivity index (χ0) is 12.2. The van der Waals surface area contributed by atoms with Gasteiger partial charge in [0, 0.05) is 13.1 Å². The topological polar surface area (TPSA) is 40.5 Å². The fourth-order valence-electron chi connectivity index (χ4n) is 2.57. The Morgan fingerprint density at radius 3 is 2.69 bits per heavy atom. The van der Waals surface area contributed by atoms with E-state index in [-0.39, 0.29) is 0 Å². The Hall–Kier alpha value is -0.570. The molecule has 16 heavy (non-hydrogen) atoms. The van der Waals surface area contributed by atoms with Gasteiger partial charge in [-0.1, -0.05) is 27.2 Å². The third kappa shape index (κ3) is 2.97. The van der Waals surface area contributed by atoms with E-state index in [9.17, 15) is 9.90 Å². The molecule has 1 N–H and O–H groups in total. The third-order valence-electron chi connectivity index (χ3n) is 4.05. The summed E-state index contributed by atoms with van der Waals surface area (Å²) in [4.78, 5) is 13.7. The molecule has 0 amide bonds. The highest BCUT2D eigenvalue weighted by Crippen LogP contribution is 2.33. The van der Waals surface area contributed by atoms with Crippen molar-refractivity contribution in [2.75, 3.05) is 19.6 Å². The SMILES string of the molecule is CCC(C)CN1CCCC(CC)(C(=O)O)C1. The molecule has 1 aliphatic heterocycles. The van der Waals surface area contributed by atoms with Crippen molar-refractivity contribution in [3.05, 3.63) is 0 Å². The van der Waals surface area contributed by atoms with Gasteiger partial charge in [0.1, 0.15) is 0 Å². The number of nitrogens with zero attached hydrogens (tertiary/aromatic N) is 1. The molecule has 3 heteroatoms. The van der Waals surface area contributed by atoms with Gasteiger partial charge in [-0.05, 0) is 31.7 Å². The van der Waals surface area contributed by atoms with E-state index < -0.39 is 11.4 Å². The van der Waals surface area contributed by atoms with E-state index in [0.29, 0.717) is 5.92 Å². The number of hydrogen-bond donors (Lipinski definition) is 1. The lowest BCUT2D eigenvalue weighted by Gasteiger charge is -2.40. The van der Waals surface area contributed by atoms with Gasteiger partial charge in [0.15, 0.2) is 0 Å². The number of hydrogen-bond acceptors (Lipinski definition) is 2. The second kappa shape index (κ2) is 5.67. The van der Waals surface area contributed by atoms with Gasteiger partial charge in [0.2, 0.25) is 0 Å². The first-order valence-corrected chi connectivity index (χ1v) is 6.50. The first kappa shape index (κ1) is 13.5. The van der Waals surface area contributed by atoms with Gasteiger partial charge in [-0.2, -0.15) is 0 Å². The van der Waals surface area contributed by atoms with Gasteiger partial charge in [-0.25, -0.2) is 0 Å². The van der Waals surface area contributed by atoms with E-state index in [1.54, 1.807) is 0 Å². The molecule has 1 heterocycles. The van der Waals surface area contributed by atoms with Crippen molar-refractivity contribution in [1.82, 2.24) is 4.90 Å². The summed E-state index contributed by atoms with van der Waals surface area (Å²) in [6, 6.07) is 0. The van der Waals surface area contributed by atoms with Gasteiger partial charge in [0.05, 0.1) is 5.41 Å². The van der Waals surface area contributed by atoms with Crippen LogP contribution in [0, 0.1) is 11.3 Å². The molecule has 2 unspecified atom stereocenters. The fourth-order valence-corrected chi connectivity index (χ4v) is 2.57. The Bertz CT molecular complexity index is 242. The fraction of sp³-hybridized carbons (Fsp3) is 0.923. The molecular formula is C13H25NO2. The van der Waals surface area contributed by atoms with Crippen molar-refractivity contribution in [3.8, 4) is 0 Å². The van der Waals surface area contributed by atoms with Crippen molar-refractivity contribution in [1.29, 1.82) is 0 Å². The van der Waals surface area contributed by atoms with Crippen LogP contribution >= 0.6 is 0 Å². The van der Waals surface area contributed by atoms with Crippen molar-refractivity contribution in [3.63, 3.8) is 0 Å². The maximum absolute atomic E-state index is 11.4. The Labute approximate surface area is 98.8 Å². The van der Waals surface area contributed by atoms with Crippen molar-refractivity contribution < 1.29 is 9.90 Å². The number of carboxylic acid groups (broad SMARTS) is 1. The number of carbonyl (C=O) groups is 1. The molecule has 1 aliphatic rings. The molecule has 0 aromatic rings. The quantitative estimate of drug-likeness (QED) is 0.785. The monoisotopic (exact) mass is 227 g/mol. The molecule has 0 aromatic heterocycles. The van der Waals surface area contributed by atoms with E-state index in [1.807, 2.05) is 6.92 Å². The highest BCUT2D eigenvalue weighted by Gasteiger charge is 2.40. The van der Waals surface area contributed by atoms with E-state index in [0.717, 1.165) is 38.9 Å². The highest BCUT2D eigenvalue weighted by atomic mass is 16.4. The molecule has 0 bridgehead atoms. The smallest absolute Gasteiger partial charge is 0.310 e. The largest absolute Gasteiger partial charge is 0.481 e. The molecule has 0 spiro atoms. The van der Waals surface area contributed by atoms with Crippen molar-refractivity contribution >= 4 is 5.97 Å². The maximum Gasteiger partial charge on any atom is 0.310 e.